The second-order valence-electron chi connectivity index (χ2n) is 7.22. The summed E-state index contributed by atoms with van der Waals surface area (Å²) in [5, 5.41) is 0. The second kappa shape index (κ2) is 12.8. The molecule has 0 saturated heterocycles. The fourth-order valence-electron chi connectivity index (χ4n) is 2.64. The third-order valence-corrected chi connectivity index (χ3v) is 5.12. The van der Waals surface area contributed by atoms with Crippen molar-refractivity contribution in [2.24, 2.45) is 0 Å². The fourth-order valence-corrected chi connectivity index (χ4v) is 2.64. The number of hydrogen-bond acceptors (Lipinski definition) is 0. The van der Waals surface area contributed by atoms with E-state index in [0.29, 0.717) is 0 Å². The summed E-state index contributed by atoms with van der Waals surface area (Å²) in [5.74, 6) is 0. The van der Waals surface area contributed by atoms with Gasteiger partial charge in [-0.2, -0.15) is 54.1 Å². The van der Waals surface area contributed by atoms with E-state index in [0.717, 1.165) is 5.56 Å². The summed E-state index contributed by atoms with van der Waals surface area (Å²) < 4.78 is 0. The second-order valence-corrected chi connectivity index (χ2v) is 7.22. The van der Waals surface area contributed by atoms with Crippen molar-refractivity contribution < 1.29 is 34.1 Å². The first kappa shape index (κ1) is 26.4. The molecule has 0 heterocycles. The minimum Gasteiger partial charge on any atom is -0.998 e. The van der Waals surface area contributed by atoms with Crippen LogP contribution in [-0.2, 0) is 45.0 Å². The van der Waals surface area contributed by atoms with Crippen LogP contribution in [-0.4, -0.2) is 0 Å². The van der Waals surface area contributed by atoms with E-state index in [4.69, 9.17) is 0 Å². The average Bonchev–Trinajstić information content (AvgIpc) is 3.48. The molecule has 0 radical (unpaired) electrons. The first-order valence-corrected chi connectivity index (χ1v) is 8.91. The Hall–Kier alpha value is -1.56. The van der Waals surface area contributed by atoms with E-state index in [1.54, 1.807) is 0 Å². The average molecular weight is 450 g/mol. The van der Waals surface area contributed by atoms with E-state index < -0.39 is 0 Å². The third kappa shape index (κ3) is 7.12. The van der Waals surface area contributed by atoms with Crippen LogP contribution in [0.4, 0.5) is 0 Å². The molecule has 0 aliphatic heterocycles. The molecule has 0 nitrogen and oxygen atoms in total. The van der Waals surface area contributed by atoms with Crippen LogP contribution in [0.2, 0.25) is 0 Å². The summed E-state index contributed by atoms with van der Waals surface area (Å²) in [6, 6.07) is 40.4. The molecule has 0 aromatic heterocycles. The molecule has 4 aromatic carbocycles. The Kier molecular flexibility index (Phi) is 12.1. The first-order valence-electron chi connectivity index (χ1n) is 8.91. The summed E-state index contributed by atoms with van der Waals surface area (Å²) in [6.07, 6.45) is 0. The Labute approximate surface area is 192 Å². The zero-order valence-corrected chi connectivity index (χ0v) is 19.0. The predicted molar refractivity (Wildman–Crippen MR) is 110 cm³/mol. The molecule has 4 aromatic rings. The molecule has 28 heavy (non-hydrogen) atoms. The van der Waals surface area contributed by atoms with Crippen molar-refractivity contribution in [2.75, 3.05) is 0 Å². The smallest absolute Gasteiger partial charge is 0 e. The third-order valence-electron chi connectivity index (χ3n) is 5.12. The van der Waals surface area contributed by atoms with Gasteiger partial charge in [-0.1, -0.05) is 33.1 Å². The van der Waals surface area contributed by atoms with Gasteiger partial charge in [0.15, 0.2) is 0 Å². The molecule has 0 atom stereocenters. The summed E-state index contributed by atoms with van der Waals surface area (Å²) in [5.41, 5.74) is 2.41. The Morgan fingerprint density at radius 3 is 1.32 bits per heavy atom. The fraction of sp³-hybridized carbons (Fsp3) is 0.231. The van der Waals surface area contributed by atoms with E-state index in [9.17, 15) is 0 Å². The summed E-state index contributed by atoms with van der Waals surface area (Å²) in [6.45, 7) is 8.97. The van der Waals surface area contributed by atoms with Crippen molar-refractivity contribution in [3.05, 3.63) is 120 Å². The largest absolute Gasteiger partial charge is 0.998 e. The van der Waals surface area contributed by atoms with Crippen LogP contribution in [0.5, 0.6) is 0 Å². The number of hydrogen-bond donors (Lipinski definition) is 0. The molecule has 0 unspecified atom stereocenters. The van der Waals surface area contributed by atoms with Crippen LogP contribution in [0.25, 0.3) is 0 Å². The molecule has 0 spiro atoms. The van der Waals surface area contributed by atoms with Gasteiger partial charge in [0.25, 0.3) is 0 Å². The van der Waals surface area contributed by atoms with Crippen LogP contribution in [0.15, 0.2) is 84.9 Å². The molecule has 0 N–H and O–H groups in total. The summed E-state index contributed by atoms with van der Waals surface area (Å²) in [4.78, 5) is 0. The van der Waals surface area contributed by atoms with Gasteiger partial charge in [0.2, 0.25) is 0 Å². The molecular weight excluding hydrogens is 424 g/mol. The first-order chi connectivity index (χ1) is 12.5. The van der Waals surface area contributed by atoms with Crippen LogP contribution in [0, 0.1) is 24.3 Å². The van der Waals surface area contributed by atoms with Crippen molar-refractivity contribution in [1.29, 1.82) is 0 Å². The predicted octanol–water partition coefficient (Wildman–Crippen LogP) is 6.39. The van der Waals surface area contributed by atoms with Crippen molar-refractivity contribution in [3.63, 3.8) is 0 Å². The Bertz CT molecular complexity index is 664. The molecule has 0 aliphatic rings. The standard InChI is InChI=1S/C16H16.2C5H5.2Fe/c1-15(2,13-9-5-6-10-13)16(3,4)14-11-7-8-12-14;2*1-2-4-5-3-1;;/h5-6,9-10H,1-4H3;2*1-5H;;/q-6;2*-1;;. The molecule has 0 aliphatic carbocycles. The van der Waals surface area contributed by atoms with Gasteiger partial charge >= 0.3 is 0 Å². The minimum absolute atomic E-state index is 0. The quantitative estimate of drug-likeness (QED) is 0.251. The molecule has 4 rings (SSSR count). The van der Waals surface area contributed by atoms with E-state index in [2.05, 4.69) is 76.2 Å². The van der Waals surface area contributed by atoms with Gasteiger partial charge in [-0.25, -0.2) is 41.8 Å². The Morgan fingerprint density at radius 1 is 0.607 bits per heavy atom. The SMILES string of the molecule is CC(C)([c-]1[c-][c-][c-][c-]1)C(C)(C)[c-]1cccc1.[Fe].[Fe].c1cc[cH-]c1.c1cc[cH-]c1. The van der Waals surface area contributed by atoms with Gasteiger partial charge in [0.1, 0.15) is 0 Å². The van der Waals surface area contributed by atoms with Crippen molar-refractivity contribution in [1.82, 2.24) is 0 Å². The number of rotatable bonds is 3. The van der Waals surface area contributed by atoms with Gasteiger partial charge in [-0.15, -0.1) is 0 Å². The summed E-state index contributed by atoms with van der Waals surface area (Å²) in [7, 11) is 0. The monoisotopic (exact) mass is 450 g/mol. The summed E-state index contributed by atoms with van der Waals surface area (Å²) >= 11 is 0. The zero-order valence-electron chi connectivity index (χ0n) is 16.8. The minimum atomic E-state index is -0.0299. The van der Waals surface area contributed by atoms with E-state index in [1.165, 1.54) is 5.56 Å². The van der Waals surface area contributed by atoms with Gasteiger partial charge in [0, 0.05) is 34.1 Å². The molecule has 0 fully saturated rings. The van der Waals surface area contributed by atoms with E-state index in [-0.39, 0.29) is 45.0 Å². The maximum Gasteiger partial charge on any atom is 0 e. The maximum absolute atomic E-state index is 3.11. The van der Waals surface area contributed by atoms with Crippen LogP contribution >= 0.6 is 0 Å². The van der Waals surface area contributed by atoms with Gasteiger partial charge in [0.05, 0.1) is 0 Å². The molecule has 0 amide bonds. The molecule has 154 valence electrons. The van der Waals surface area contributed by atoms with Gasteiger partial charge < -0.3 is 29.8 Å². The maximum atomic E-state index is 3.11. The van der Waals surface area contributed by atoms with Crippen LogP contribution < -0.4 is 0 Å². The van der Waals surface area contributed by atoms with Crippen LogP contribution in [0.1, 0.15) is 38.8 Å². The van der Waals surface area contributed by atoms with Crippen LogP contribution in [0.3, 0.4) is 0 Å². The topological polar surface area (TPSA) is 0 Å². The van der Waals surface area contributed by atoms with Crippen molar-refractivity contribution in [3.8, 4) is 0 Å². The molecular formula is C26H26Fe2-8. The van der Waals surface area contributed by atoms with E-state index in [1.807, 2.05) is 60.7 Å². The van der Waals surface area contributed by atoms with Crippen molar-refractivity contribution in [2.45, 2.75) is 38.5 Å². The van der Waals surface area contributed by atoms with Gasteiger partial charge in [-0.3, -0.25) is 0 Å². The van der Waals surface area contributed by atoms with E-state index >= 15 is 0 Å². The molecule has 0 bridgehead atoms. The normalized spacial score (nSPS) is 10.3. The molecule has 0 saturated carbocycles. The molecule has 2 heteroatoms. The Morgan fingerprint density at radius 2 is 1.00 bits per heavy atom. The zero-order chi connectivity index (χ0) is 18.9. The Balaban J connectivity index is 0.000000500. The van der Waals surface area contributed by atoms with Crippen molar-refractivity contribution >= 4 is 0 Å². The van der Waals surface area contributed by atoms with Gasteiger partial charge in [-0.05, 0) is 0 Å².